The number of benzene rings is 1. The lowest BCUT2D eigenvalue weighted by Crippen LogP contribution is -2.20. The molecule has 0 fully saturated rings. The summed E-state index contributed by atoms with van der Waals surface area (Å²) in [6.07, 6.45) is 4.88. The maximum absolute atomic E-state index is 6.23. The lowest BCUT2D eigenvalue weighted by atomic mass is 9.84. The van der Waals surface area contributed by atoms with Crippen molar-refractivity contribution in [2.45, 2.75) is 33.6 Å². The zero-order valence-electron chi connectivity index (χ0n) is 11.5. The second kappa shape index (κ2) is 5.79. The van der Waals surface area contributed by atoms with Crippen LogP contribution in [0.2, 0.25) is 5.02 Å². The van der Waals surface area contributed by atoms with Crippen LogP contribution in [-0.2, 0) is 0 Å². The predicted octanol–water partition coefficient (Wildman–Crippen LogP) is 5.05. The van der Waals surface area contributed by atoms with Gasteiger partial charge < -0.3 is 5.32 Å². The summed E-state index contributed by atoms with van der Waals surface area (Å²) in [5.74, 6) is 1.43. The van der Waals surface area contributed by atoms with Gasteiger partial charge in [-0.2, -0.15) is 0 Å². The second-order valence-electron chi connectivity index (χ2n) is 5.66. The largest absolute Gasteiger partial charge is 0.384 e. The molecular weight excluding hydrogens is 242 g/mol. The van der Waals surface area contributed by atoms with Crippen LogP contribution in [0.15, 0.2) is 29.8 Å². The van der Waals surface area contributed by atoms with Crippen molar-refractivity contribution in [2.75, 3.05) is 11.9 Å². The maximum atomic E-state index is 6.23. The molecule has 2 unspecified atom stereocenters. The molecule has 0 aromatic heterocycles. The van der Waals surface area contributed by atoms with Crippen LogP contribution in [-0.4, -0.2) is 6.54 Å². The molecule has 1 aromatic rings. The Labute approximate surface area is 115 Å². The van der Waals surface area contributed by atoms with Crippen LogP contribution in [0.3, 0.4) is 0 Å². The first-order valence-electron chi connectivity index (χ1n) is 6.72. The minimum atomic E-state index is 0.707. The van der Waals surface area contributed by atoms with Gasteiger partial charge >= 0.3 is 0 Å². The average Bonchev–Trinajstić information content (AvgIpc) is 2.26. The number of anilines is 1. The first kappa shape index (κ1) is 13.5. The molecule has 1 N–H and O–H groups in total. The molecule has 1 aliphatic carbocycles. The van der Waals surface area contributed by atoms with E-state index in [9.17, 15) is 0 Å². The molecule has 0 radical (unpaired) electrons. The summed E-state index contributed by atoms with van der Waals surface area (Å²) in [4.78, 5) is 0. The SMILES string of the molecule is CC1=CC(C)CC(CNc2ccc(C)cc2Cl)C1. The number of halogens is 1. The zero-order valence-corrected chi connectivity index (χ0v) is 12.2. The molecule has 2 atom stereocenters. The van der Waals surface area contributed by atoms with Crippen molar-refractivity contribution >= 4 is 17.3 Å². The van der Waals surface area contributed by atoms with Gasteiger partial charge in [0.25, 0.3) is 0 Å². The molecule has 0 saturated heterocycles. The van der Waals surface area contributed by atoms with Crippen molar-refractivity contribution in [3.8, 4) is 0 Å². The highest BCUT2D eigenvalue weighted by Crippen LogP contribution is 2.29. The summed E-state index contributed by atoms with van der Waals surface area (Å²) in [6.45, 7) is 7.61. The molecule has 0 spiro atoms. The molecule has 2 heteroatoms. The molecule has 0 saturated carbocycles. The van der Waals surface area contributed by atoms with Crippen molar-refractivity contribution in [1.29, 1.82) is 0 Å². The van der Waals surface area contributed by atoms with Gasteiger partial charge in [-0.05, 0) is 56.2 Å². The van der Waals surface area contributed by atoms with E-state index in [1.165, 1.54) is 24.0 Å². The van der Waals surface area contributed by atoms with Crippen molar-refractivity contribution in [2.24, 2.45) is 11.8 Å². The normalized spacial score (nSPS) is 23.7. The van der Waals surface area contributed by atoms with E-state index in [2.05, 4.69) is 44.3 Å². The van der Waals surface area contributed by atoms with Crippen molar-refractivity contribution < 1.29 is 0 Å². The quantitative estimate of drug-likeness (QED) is 0.753. The summed E-state index contributed by atoms with van der Waals surface area (Å²) in [7, 11) is 0. The topological polar surface area (TPSA) is 12.0 Å². The first-order chi connectivity index (χ1) is 8.54. The Hall–Kier alpha value is -0.950. The van der Waals surface area contributed by atoms with E-state index in [1.807, 2.05) is 6.07 Å². The highest BCUT2D eigenvalue weighted by Gasteiger charge is 2.17. The lowest BCUT2D eigenvalue weighted by molar-refractivity contribution is 0.421. The van der Waals surface area contributed by atoms with E-state index in [4.69, 9.17) is 11.6 Å². The average molecular weight is 264 g/mol. The standard InChI is InChI=1S/C16H22ClN/c1-11-4-5-16(15(17)9-11)18-10-14-7-12(2)6-13(3)8-14/h4-6,9,12,14,18H,7-8,10H2,1-3H3. The smallest absolute Gasteiger partial charge is 0.0640 e. The third-order valence-electron chi connectivity index (χ3n) is 3.59. The molecule has 0 bridgehead atoms. The maximum Gasteiger partial charge on any atom is 0.0640 e. The van der Waals surface area contributed by atoms with Gasteiger partial charge in [0.2, 0.25) is 0 Å². The van der Waals surface area contributed by atoms with Gasteiger partial charge in [0.1, 0.15) is 0 Å². The minimum Gasteiger partial charge on any atom is -0.384 e. The lowest BCUT2D eigenvalue weighted by Gasteiger charge is -2.26. The third kappa shape index (κ3) is 3.52. The molecule has 0 heterocycles. The van der Waals surface area contributed by atoms with Gasteiger partial charge in [0.15, 0.2) is 0 Å². The van der Waals surface area contributed by atoms with Gasteiger partial charge in [0.05, 0.1) is 10.7 Å². The highest BCUT2D eigenvalue weighted by molar-refractivity contribution is 6.33. The molecule has 0 amide bonds. The van der Waals surface area contributed by atoms with E-state index < -0.39 is 0 Å². The van der Waals surface area contributed by atoms with Crippen LogP contribution in [0.4, 0.5) is 5.69 Å². The van der Waals surface area contributed by atoms with Gasteiger partial charge in [-0.3, -0.25) is 0 Å². The fraction of sp³-hybridized carbons (Fsp3) is 0.500. The molecule has 98 valence electrons. The van der Waals surface area contributed by atoms with E-state index in [-0.39, 0.29) is 0 Å². The molecular formula is C16H22ClN. The second-order valence-corrected chi connectivity index (χ2v) is 6.07. The number of hydrogen-bond acceptors (Lipinski definition) is 1. The molecule has 1 aromatic carbocycles. The number of nitrogens with one attached hydrogen (secondary N) is 1. The molecule has 1 aliphatic rings. The van der Waals surface area contributed by atoms with Crippen LogP contribution < -0.4 is 5.32 Å². The Balaban J connectivity index is 1.94. The van der Waals surface area contributed by atoms with Crippen molar-refractivity contribution in [3.63, 3.8) is 0 Å². The number of aryl methyl sites for hydroxylation is 1. The van der Waals surface area contributed by atoms with E-state index in [0.717, 1.165) is 23.2 Å². The van der Waals surface area contributed by atoms with Crippen LogP contribution in [0.5, 0.6) is 0 Å². The molecule has 2 rings (SSSR count). The first-order valence-corrected chi connectivity index (χ1v) is 7.09. The van der Waals surface area contributed by atoms with Crippen LogP contribution in [0.1, 0.15) is 32.3 Å². The van der Waals surface area contributed by atoms with E-state index in [1.54, 1.807) is 0 Å². The molecule has 18 heavy (non-hydrogen) atoms. The Morgan fingerprint density at radius 2 is 2.11 bits per heavy atom. The molecule has 1 nitrogen and oxygen atoms in total. The van der Waals surface area contributed by atoms with Crippen molar-refractivity contribution in [1.82, 2.24) is 0 Å². The fourth-order valence-corrected chi connectivity index (χ4v) is 3.16. The Bertz CT molecular complexity index is 450. The summed E-state index contributed by atoms with van der Waals surface area (Å²) >= 11 is 6.23. The monoisotopic (exact) mass is 263 g/mol. The van der Waals surface area contributed by atoms with Crippen molar-refractivity contribution in [3.05, 3.63) is 40.4 Å². The molecule has 0 aliphatic heterocycles. The van der Waals surface area contributed by atoms with Crippen LogP contribution in [0, 0.1) is 18.8 Å². The Morgan fingerprint density at radius 3 is 2.78 bits per heavy atom. The third-order valence-corrected chi connectivity index (χ3v) is 3.90. The number of allylic oxidation sites excluding steroid dienone is 2. The Kier molecular flexibility index (Phi) is 4.34. The number of hydrogen-bond donors (Lipinski definition) is 1. The minimum absolute atomic E-state index is 0.707. The summed E-state index contributed by atoms with van der Waals surface area (Å²) in [5.41, 5.74) is 3.79. The van der Waals surface area contributed by atoms with Gasteiger partial charge in [-0.25, -0.2) is 0 Å². The highest BCUT2D eigenvalue weighted by atomic mass is 35.5. The van der Waals surface area contributed by atoms with E-state index >= 15 is 0 Å². The summed E-state index contributed by atoms with van der Waals surface area (Å²) in [5, 5.41) is 4.32. The van der Waals surface area contributed by atoms with Gasteiger partial charge in [-0.1, -0.05) is 36.2 Å². The Morgan fingerprint density at radius 1 is 1.33 bits per heavy atom. The summed E-state index contributed by atoms with van der Waals surface area (Å²) < 4.78 is 0. The predicted molar refractivity (Wildman–Crippen MR) is 80.3 cm³/mol. The van der Waals surface area contributed by atoms with Crippen LogP contribution >= 0.6 is 11.6 Å². The zero-order chi connectivity index (χ0) is 13.1. The van der Waals surface area contributed by atoms with Gasteiger partial charge in [0, 0.05) is 6.54 Å². The van der Waals surface area contributed by atoms with Crippen LogP contribution in [0.25, 0.3) is 0 Å². The van der Waals surface area contributed by atoms with Gasteiger partial charge in [-0.15, -0.1) is 0 Å². The fourth-order valence-electron chi connectivity index (χ4n) is 2.86. The van der Waals surface area contributed by atoms with E-state index in [0.29, 0.717) is 5.92 Å². The summed E-state index contributed by atoms with van der Waals surface area (Å²) in [6, 6.07) is 6.19. The number of rotatable bonds is 3.